The van der Waals surface area contributed by atoms with E-state index in [2.05, 4.69) is 10.1 Å². The molecular formula is C13H16FNO3. The van der Waals surface area contributed by atoms with Gasteiger partial charge in [-0.25, -0.2) is 9.18 Å². The highest BCUT2D eigenvalue weighted by molar-refractivity contribution is 6.32. The molecule has 0 aliphatic carbocycles. The van der Waals surface area contributed by atoms with Crippen molar-refractivity contribution in [1.29, 1.82) is 0 Å². The summed E-state index contributed by atoms with van der Waals surface area (Å²) >= 11 is 0. The van der Waals surface area contributed by atoms with Gasteiger partial charge in [-0.15, -0.1) is 0 Å². The number of carbonyl (C=O) groups excluding carboxylic acids is 2. The molecule has 1 rings (SSSR count). The Bertz CT molecular complexity index is 446. The van der Waals surface area contributed by atoms with E-state index in [0.29, 0.717) is 13.0 Å². The highest BCUT2D eigenvalue weighted by atomic mass is 19.1. The third-order valence-corrected chi connectivity index (χ3v) is 2.45. The van der Waals surface area contributed by atoms with Crippen molar-refractivity contribution in [2.75, 3.05) is 13.2 Å². The molecule has 1 amide bonds. The minimum Gasteiger partial charge on any atom is -0.459 e. The van der Waals surface area contributed by atoms with Gasteiger partial charge in [-0.3, -0.25) is 4.79 Å². The summed E-state index contributed by atoms with van der Waals surface area (Å²) in [5, 5.41) is 2.45. The fourth-order valence-electron chi connectivity index (χ4n) is 1.52. The van der Waals surface area contributed by atoms with Crippen LogP contribution in [0.15, 0.2) is 18.2 Å². The maximum Gasteiger partial charge on any atom is 0.396 e. The van der Waals surface area contributed by atoms with Gasteiger partial charge in [-0.2, -0.15) is 0 Å². The lowest BCUT2D eigenvalue weighted by Crippen LogP contribution is -2.33. The van der Waals surface area contributed by atoms with Crippen LogP contribution >= 0.6 is 0 Å². The van der Waals surface area contributed by atoms with E-state index in [1.165, 1.54) is 12.1 Å². The molecule has 18 heavy (non-hydrogen) atoms. The Morgan fingerprint density at radius 3 is 2.72 bits per heavy atom. The van der Waals surface area contributed by atoms with E-state index >= 15 is 0 Å². The van der Waals surface area contributed by atoms with Crippen molar-refractivity contribution in [3.05, 3.63) is 35.1 Å². The Kier molecular flexibility index (Phi) is 5.30. The number of aryl methyl sites for hydroxylation is 1. The van der Waals surface area contributed by atoms with Crippen LogP contribution in [0.25, 0.3) is 0 Å². The molecule has 0 aromatic heterocycles. The molecule has 0 radical (unpaired) electrons. The first-order chi connectivity index (χ1) is 8.54. The Morgan fingerprint density at radius 2 is 2.11 bits per heavy atom. The molecule has 5 heteroatoms. The number of ether oxygens (including phenoxy) is 1. The normalized spacial score (nSPS) is 9.94. The van der Waals surface area contributed by atoms with Crippen LogP contribution in [0.3, 0.4) is 0 Å². The van der Waals surface area contributed by atoms with Gasteiger partial charge in [0, 0.05) is 6.54 Å². The molecule has 1 aromatic rings. The average Bonchev–Trinajstić information content (AvgIpc) is 2.32. The van der Waals surface area contributed by atoms with E-state index in [4.69, 9.17) is 0 Å². The molecule has 0 heterocycles. The van der Waals surface area contributed by atoms with E-state index < -0.39 is 11.9 Å². The summed E-state index contributed by atoms with van der Waals surface area (Å²) in [5.74, 6) is -1.92. The summed E-state index contributed by atoms with van der Waals surface area (Å²) in [5.41, 5.74) is 1.75. The van der Waals surface area contributed by atoms with E-state index in [0.717, 1.165) is 11.1 Å². The Morgan fingerprint density at radius 1 is 1.39 bits per heavy atom. The SMILES string of the molecule is CCOC(=O)C(=O)NCCc1ccc(F)cc1C. The second-order valence-electron chi connectivity index (χ2n) is 3.80. The van der Waals surface area contributed by atoms with E-state index in [-0.39, 0.29) is 12.4 Å². The van der Waals surface area contributed by atoms with Gasteiger partial charge in [-0.1, -0.05) is 6.07 Å². The van der Waals surface area contributed by atoms with Crippen LogP contribution < -0.4 is 5.32 Å². The highest BCUT2D eigenvalue weighted by Gasteiger charge is 2.13. The summed E-state index contributed by atoms with van der Waals surface area (Å²) in [6.07, 6.45) is 0.539. The van der Waals surface area contributed by atoms with Gasteiger partial charge in [0.05, 0.1) is 6.61 Å². The monoisotopic (exact) mass is 253 g/mol. The van der Waals surface area contributed by atoms with Crippen molar-refractivity contribution in [2.45, 2.75) is 20.3 Å². The predicted molar refractivity (Wildman–Crippen MR) is 64.5 cm³/mol. The van der Waals surface area contributed by atoms with Gasteiger partial charge >= 0.3 is 11.9 Å². The third-order valence-electron chi connectivity index (χ3n) is 2.45. The molecule has 0 bridgehead atoms. The molecule has 0 spiro atoms. The van der Waals surface area contributed by atoms with Crippen molar-refractivity contribution in [3.8, 4) is 0 Å². The number of amides is 1. The first-order valence-electron chi connectivity index (χ1n) is 5.74. The topological polar surface area (TPSA) is 55.4 Å². The second kappa shape index (κ2) is 6.74. The van der Waals surface area contributed by atoms with Crippen LogP contribution in [0.5, 0.6) is 0 Å². The van der Waals surface area contributed by atoms with Crippen molar-refractivity contribution in [3.63, 3.8) is 0 Å². The molecule has 0 saturated carbocycles. The number of hydrogen-bond donors (Lipinski definition) is 1. The van der Waals surface area contributed by atoms with Crippen molar-refractivity contribution >= 4 is 11.9 Å². The minimum absolute atomic E-state index is 0.170. The molecule has 0 saturated heterocycles. The van der Waals surface area contributed by atoms with Crippen LogP contribution in [0.4, 0.5) is 4.39 Å². The lowest BCUT2D eigenvalue weighted by Gasteiger charge is -2.07. The fourth-order valence-corrected chi connectivity index (χ4v) is 1.52. The van der Waals surface area contributed by atoms with Gasteiger partial charge in [0.25, 0.3) is 0 Å². The van der Waals surface area contributed by atoms with Crippen molar-refractivity contribution < 1.29 is 18.7 Å². The van der Waals surface area contributed by atoms with E-state index in [9.17, 15) is 14.0 Å². The molecule has 0 atom stereocenters. The Balaban J connectivity index is 2.42. The standard InChI is InChI=1S/C13H16FNO3/c1-3-18-13(17)12(16)15-7-6-10-4-5-11(14)8-9(10)2/h4-5,8H,3,6-7H2,1-2H3,(H,15,16). The number of hydrogen-bond acceptors (Lipinski definition) is 3. The molecule has 0 unspecified atom stereocenters. The first kappa shape index (κ1) is 14.2. The number of esters is 1. The predicted octanol–water partition coefficient (Wildman–Crippen LogP) is 1.36. The van der Waals surface area contributed by atoms with Crippen LogP contribution in [0.1, 0.15) is 18.1 Å². The van der Waals surface area contributed by atoms with Gasteiger partial charge < -0.3 is 10.1 Å². The zero-order chi connectivity index (χ0) is 13.5. The van der Waals surface area contributed by atoms with Gasteiger partial charge in [-0.05, 0) is 43.5 Å². The van der Waals surface area contributed by atoms with Crippen molar-refractivity contribution in [1.82, 2.24) is 5.32 Å². The maximum absolute atomic E-state index is 12.9. The first-order valence-corrected chi connectivity index (χ1v) is 5.74. The van der Waals surface area contributed by atoms with E-state index in [1.807, 2.05) is 0 Å². The molecular weight excluding hydrogens is 237 g/mol. The number of rotatable bonds is 4. The smallest absolute Gasteiger partial charge is 0.396 e. The summed E-state index contributed by atoms with van der Waals surface area (Å²) < 4.78 is 17.4. The lowest BCUT2D eigenvalue weighted by atomic mass is 10.1. The number of carbonyl (C=O) groups is 2. The summed E-state index contributed by atoms with van der Waals surface area (Å²) in [4.78, 5) is 22.2. The number of halogens is 1. The van der Waals surface area contributed by atoms with Crippen LogP contribution in [-0.2, 0) is 20.7 Å². The third kappa shape index (κ3) is 4.16. The minimum atomic E-state index is -0.881. The molecule has 1 aromatic carbocycles. The Hall–Kier alpha value is -1.91. The summed E-state index contributed by atoms with van der Waals surface area (Å²) in [6.45, 7) is 3.91. The van der Waals surface area contributed by atoms with E-state index in [1.54, 1.807) is 19.9 Å². The van der Waals surface area contributed by atoms with Gasteiger partial charge in [0.1, 0.15) is 5.82 Å². The zero-order valence-corrected chi connectivity index (χ0v) is 10.5. The van der Waals surface area contributed by atoms with Gasteiger partial charge in [0.2, 0.25) is 0 Å². The zero-order valence-electron chi connectivity index (χ0n) is 10.5. The molecule has 98 valence electrons. The van der Waals surface area contributed by atoms with Crippen LogP contribution in [0, 0.1) is 12.7 Å². The maximum atomic E-state index is 12.9. The summed E-state index contributed by atoms with van der Waals surface area (Å²) in [7, 11) is 0. The van der Waals surface area contributed by atoms with Gasteiger partial charge in [0.15, 0.2) is 0 Å². The molecule has 0 aliphatic rings. The largest absolute Gasteiger partial charge is 0.459 e. The number of nitrogens with one attached hydrogen (secondary N) is 1. The molecule has 4 nitrogen and oxygen atoms in total. The van der Waals surface area contributed by atoms with Crippen LogP contribution in [-0.4, -0.2) is 25.0 Å². The second-order valence-corrected chi connectivity index (χ2v) is 3.80. The molecule has 0 aliphatic heterocycles. The summed E-state index contributed by atoms with van der Waals surface area (Å²) in [6, 6.07) is 4.47. The number of benzene rings is 1. The lowest BCUT2D eigenvalue weighted by molar-refractivity contribution is -0.154. The van der Waals surface area contributed by atoms with Crippen molar-refractivity contribution in [2.24, 2.45) is 0 Å². The Labute approximate surface area is 105 Å². The fraction of sp³-hybridized carbons (Fsp3) is 0.385. The highest BCUT2D eigenvalue weighted by Crippen LogP contribution is 2.10. The molecule has 1 N–H and O–H groups in total. The van der Waals surface area contributed by atoms with Crippen LogP contribution in [0.2, 0.25) is 0 Å². The molecule has 0 fully saturated rings. The average molecular weight is 253 g/mol. The quantitative estimate of drug-likeness (QED) is 0.651.